The zero-order valence-electron chi connectivity index (χ0n) is 16.0. The van der Waals surface area contributed by atoms with Crippen LogP contribution < -0.4 is 0 Å². The standard InChI is InChI=1S/C22H23BrN2O3/c1-24(2)21(27)16-11-13-25(14-12-16)22(28)19-6-4-3-5-18(19)20(26)15-7-9-17(23)10-8-15/h3-10,16H,11-14H2,1-2H3. The molecule has 2 aromatic rings. The maximum absolute atomic E-state index is 13.1. The van der Waals surface area contributed by atoms with Gasteiger partial charge in [-0.15, -0.1) is 0 Å². The lowest BCUT2D eigenvalue weighted by Crippen LogP contribution is -2.43. The first-order chi connectivity index (χ1) is 13.4. The molecule has 0 saturated carbocycles. The molecule has 146 valence electrons. The summed E-state index contributed by atoms with van der Waals surface area (Å²) in [6, 6.07) is 14.0. The Morgan fingerprint density at radius 1 is 0.929 bits per heavy atom. The third-order valence-corrected chi connectivity index (χ3v) is 5.61. The Kier molecular flexibility index (Phi) is 6.29. The third kappa shape index (κ3) is 4.33. The quantitative estimate of drug-likeness (QED) is 0.679. The van der Waals surface area contributed by atoms with E-state index in [9.17, 15) is 14.4 Å². The van der Waals surface area contributed by atoms with Gasteiger partial charge in [0.25, 0.3) is 5.91 Å². The number of hydrogen-bond acceptors (Lipinski definition) is 3. The van der Waals surface area contributed by atoms with E-state index in [0.717, 1.165) is 4.47 Å². The van der Waals surface area contributed by atoms with Gasteiger partial charge >= 0.3 is 0 Å². The van der Waals surface area contributed by atoms with Gasteiger partial charge in [0.05, 0.1) is 5.56 Å². The van der Waals surface area contributed by atoms with Crippen molar-refractivity contribution in [1.82, 2.24) is 9.80 Å². The Morgan fingerprint density at radius 2 is 1.50 bits per heavy atom. The Morgan fingerprint density at radius 3 is 2.07 bits per heavy atom. The minimum atomic E-state index is -0.172. The second-order valence-electron chi connectivity index (χ2n) is 7.18. The highest BCUT2D eigenvalue weighted by molar-refractivity contribution is 9.10. The second kappa shape index (κ2) is 8.69. The van der Waals surface area contributed by atoms with E-state index in [1.807, 2.05) is 12.1 Å². The van der Waals surface area contributed by atoms with Gasteiger partial charge in [-0.2, -0.15) is 0 Å². The lowest BCUT2D eigenvalue weighted by molar-refractivity contribution is -0.134. The van der Waals surface area contributed by atoms with Gasteiger partial charge in [-0.3, -0.25) is 14.4 Å². The predicted molar refractivity (Wildman–Crippen MR) is 111 cm³/mol. The van der Waals surface area contributed by atoms with E-state index in [0.29, 0.717) is 42.6 Å². The predicted octanol–water partition coefficient (Wildman–Crippen LogP) is 3.62. The molecular weight excluding hydrogens is 420 g/mol. The highest BCUT2D eigenvalue weighted by atomic mass is 79.9. The number of nitrogens with zero attached hydrogens (tertiary/aromatic N) is 2. The number of likely N-dealkylation sites (tertiary alicyclic amines) is 1. The fraction of sp³-hybridized carbons (Fsp3) is 0.318. The van der Waals surface area contributed by atoms with Gasteiger partial charge in [-0.05, 0) is 43.2 Å². The third-order valence-electron chi connectivity index (χ3n) is 5.08. The summed E-state index contributed by atoms with van der Waals surface area (Å²) in [6.07, 6.45) is 1.29. The molecule has 0 atom stereocenters. The van der Waals surface area contributed by atoms with Gasteiger partial charge in [0, 0.05) is 48.7 Å². The highest BCUT2D eigenvalue weighted by Crippen LogP contribution is 2.23. The largest absolute Gasteiger partial charge is 0.349 e. The molecule has 1 saturated heterocycles. The summed E-state index contributed by atoms with van der Waals surface area (Å²) in [5.74, 6) is -0.262. The van der Waals surface area contributed by atoms with E-state index in [1.54, 1.807) is 60.3 Å². The van der Waals surface area contributed by atoms with E-state index >= 15 is 0 Å². The zero-order valence-corrected chi connectivity index (χ0v) is 17.6. The molecule has 1 fully saturated rings. The molecule has 5 nitrogen and oxygen atoms in total. The minimum absolute atomic E-state index is 0.0429. The molecule has 0 N–H and O–H groups in total. The second-order valence-corrected chi connectivity index (χ2v) is 8.10. The molecule has 0 spiro atoms. The van der Waals surface area contributed by atoms with Crippen molar-refractivity contribution < 1.29 is 14.4 Å². The number of hydrogen-bond donors (Lipinski definition) is 0. The van der Waals surface area contributed by atoms with E-state index in [2.05, 4.69) is 15.9 Å². The SMILES string of the molecule is CN(C)C(=O)C1CCN(C(=O)c2ccccc2C(=O)c2ccc(Br)cc2)CC1. The van der Waals surface area contributed by atoms with E-state index in [1.165, 1.54) is 0 Å². The number of piperidine rings is 1. The molecule has 2 aromatic carbocycles. The van der Waals surface area contributed by atoms with Crippen LogP contribution in [0.3, 0.4) is 0 Å². The maximum atomic E-state index is 13.1. The van der Waals surface area contributed by atoms with Crippen LogP contribution in [0.2, 0.25) is 0 Å². The van der Waals surface area contributed by atoms with Gasteiger partial charge in [0.2, 0.25) is 5.91 Å². The van der Waals surface area contributed by atoms with Crippen LogP contribution in [0.25, 0.3) is 0 Å². The Balaban J connectivity index is 1.78. The van der Waals surface area contributed by atoms with Gasteiger partial charge in [-0.25, -0.2) is 0 Å². The van der Waals surface area contributed by atoms with E-state index < -0.39 is 0 Å². The molecule has 2 amide bonds. The lowest BCUT2D eigenvalue weighted by Gasteiger charge is -2.32. The van der Waals surface area contributed by atoms with Crippen LogP contribution in [0.1, 0.15) is 39.1 Å². The van der Waals surface area contributed by atoms with Crippen molar-refractivity contribution in [3.05, 3.63) is 69.7 Å². The molecule has 6 heteroatoms. The van der Waals surface area contributed by atoms with Crippen LogP contribution >= 0.6 is 15.9 Å². The maximum Gasteiger partial charge on any atom is 0.254 e. The van der Waals surface area contributed by atoms with Gasteiger partial charge in [0.15, 0.2) is 5.78 Å². The van der Waals surface area contributed by atoms with Crippen molar-refractivity contribution in [2.24, 2.45) is 5.92 Å². The van der Waals surface area contributed by atoms with Crippen LogP contribution in [0.15, 0.2) is 53.0 Å². The molecule has 0 bridgehead atoms. The van der Waals surface area contributed by atoms with Crippen molar-refractivity contribution in [2.45, 2.75) is 12.8 Å². The summed E-state index contributed by atoms with van der Waals surface area (Å²) in [6.45, 7) is 1.04. The first-order valence-corrected chi connectivity index (χ1v) is 10.1. The highest BCUT2D eigenvalue weighted by Gasteiger charge is 2.30. The topological polar surface area (TPSA) is 57.7 Å². The molecule has 1 heterocycles. The zero-order chi connectivity index (χ0) is 20.3. The normalized spacial score (nSPS) is 14.6. The number of benzene rings is 2. The summed E-state index contributed by atoms with van der Waals surface area (Å²) >= 11 is 3.37. The number of halogens is 1. The molecule has 0 unspecified atom stereocenters. The summed E-state index contributed by atoms with van der Waals surface area (Å²) in [7, 11) is 3.51. The lowest BCUT2D eigenvalue weighted by atomic mass is 9.93. The number of carbonyl (C=O) groups excluding carboxylic acids is 3. The Bertz CT molecular complexity index is 885. The summed E-state index contributed by atoms with van der Waals surface area (Å²) in [4.78, 5) is 41.5. The molecule has 28 heavy (non-hydrogen) atoms. The number of amides is 2. The molecule has 0 aromatic heterocycles. The Hall–Kier alpha value is -2.47. The van der Waals surface area contributed by atoms with Gasteiger partial charge in [0.1, 0.15) is 0 Å². The minimum Gasteiger partial charge on any atom is -0.349 e. The number of rotatable bonds is 4. The Labute approximate surface area is 173 Å². The smallest absolute Gasteiger partial charge is 0.254 e. The molecular formula is C22H23BrN2O3. The van der Waals surface area contributed by atoms with Crippen LogP contribution in [-0.2, 0) is 4.79 Å². The first kappa shape index (κ1) is 20.3. The number of carbonyl (C=O) groups is 3. The molecule has 1 aliphatic heterocycles. The molecule has 1 aliphatic rings. The van der Waals surface area contributed by atoms with Crippen molar-refractivity contribution in [3.63, 3.8) is 0 Å². The van der Waals surface area contributed by atoms with Crippen LogP contribution in [-0.4, -0.2) is 54.6 Å². The number of ketones is 1. The van der Waals surface area contributed by atoms with Gasteiger partial charge < -0.3 is 9.80 Å². The first-order valence-electron chi connectivity index (χ1n) is 9.28. The molecule has 0 radical (unpaired) electrons. The fourth-order valence-corrected chi connectivity index (χ4v) is 3.75. The fourth-order valence-electron chi connectivity index (χ4n) is 3.49. The van der Waals surface area contributed by atoms with Crippen molar-refractivity contribution in [1.29, 1.82) is 0 Å². The van der Waals surface area contributed by atoms with Gasteiger partial charge in [-0.1, -0.05) is 34.1 Å². The molecule has 0 aliphatic carbocycles. The van der Waals surface area contributed by atoms with E-state index in [4.69, 9.17) is 0 Å². The van der Waals surface area contributed by atoms with Crippen LogP contribution in [0.4, 0.5) is 0 Å². The summed E-state index contributed by atoms with van der Waals surface area (Å²) < 4.78 is 0.892. The summed E-state index contributed by atoms with van der Waals surface area (Å²) in [5.41, 5.74) is 1.35. The van der Waals surface area contributed by atoms with Crippen molar-refractivity contribution in [3.8, 4) is 0 Å². The average Bonchev–Trinajstić information content (AvgIpc) is 2.72. The van der Waals surface area contributed by atoms with E-state index in [-0.39, 0.29) is 23.5 Å². The summed E-state index contributed by atoms with van der Waals surface area (Å²) in [5, 5.41) is 0. The average molecular weight is 443 g/mol. The van der Waals surface area contributed by atoms with Crippen molar-refractivity contribution in [2.75, 3.05) is 27.2 Å². The molecule has 3 rings (SSSR count). The van der Waals surface area contributed by atoms with Crippen LogP contribution in [0.5, 0.6) is 0 Å². The monoisotopic (exact) mass is 442 g/mol. The van der Waals surface area contributed by atoms with Crippen LogP contribution in [0, 0.1) is 5.92 Å². The van der Waals surface area contributed by atoms with Crippen molar-refractivity contribution >= 4 is 33.5 Å².